The third-order valence-electron chi connectivity index (χ3n) is 5.12. The molecule has 0 bridgehead atoms. The van der Waals surface area contributed by atoms with Crippen molar-refractivity contribution in [3.63, 3.8) is 0 Å². The number of fused-ring (bicyclic) bond motifs is 1. The van der Waals surface area contributed by atoms with Gasteiger partial charge < -0.3 is 19.7 Å². The van der Waals surface area contributed by atoms with Crippen LogP contribution in [0, 0.1) is 11.7 Å². The lowest BCUT2D eigenvalue weighted by Gasteiger charge is -2.32. The fraction of sp³-hybridized carbons (Fsp3) is 0.350. The molecule has 0 saturated carbocycles. The highest BCUT2D eigenvalue weighted by Gasteiger charge is 2.27. The molecule has 1 aliphatic heterocycles. The summed E-state index contributed by atoms with van der Waals surface area (Å²) in [6.45, 7) is 1.44. The monoisotopic (exact) mass is 384 g/mol. The zero-order valence-corrected chi connectivity index (χ0v) is 15.5. The Kier molecular flexibility index (Phi) is 4.95. The second-order valence-electron chi connectivity index (χ2n) is 6.97. The van der Waals surface area contributed by atoms with Crippen LogP contribution in [0.1, 0.15) is 18.5 Å². The molecule has 1 saturated heterocycles. The smallest absolute Gasteiger partial charge is 0.306 e. The minimum absolute atomic E-state index is 0.317. The number of methoxy groups -OCH3 is 1. The van der Waals surface area contributed by atoms with Crippen LogP contribution in [0.25, 0.3) is 22.2 Å². The van der Waals surface area contributed by atoms with E-state index in [2.05, 4.69) is 9.97 Å². The van der Waals surface area contributed by atoms with Gasteiger partial charge in [-0.25, -0.2) is 9.37 Å². The molecule has 146 valence electrons. The molecule has 2 N–H and O–H groups in total. The Labute approximate surface area is 161 Å². The van der Waals surface area contributed by atoms with Gasteiger partial charge in [-0.15, -0.1) is 0 Å². The van der Waals surface area contributed by atoms with E-state index < -0.39 is 5.97 Å². The Bertz CT molecular complexity index is 1010. The van der Waals surface area contributed by atoms with Gasteiger partial charge in [0.1, 0.15) is 11.5 Å². The summed E-state index contributed by atoms with van der Waals surface area (Å²) in [5.74, 6) is -0.828. The van der Waals surface area contributed by atoms with Crippen LogP contribution in [0.2, 0.25) is 0 Å². The van der Waals surface area contributed by atoms with Gasteiger partial charge in [0.25, 0.3) is 0 Å². The summed E-state index contributed by atoms with van der Waals surface area (Å²) in [5, 5.41) is 10.0. The number of nitrogens with zero attached hydrogens (tertiary/aromatic N) is 3. The Morgan fingerprint density at radius 2 is 2.18 bits per heavy atom. The maximum Gasteiger partial charge on any atom is 0.306 e. The number of benzene rings is 1. The minimum Gasteiger partial charge on any atom is -0.481 e. The Hall–Kier alpha value is -3.00. The second-order valence-corrected chi connectivity index (χ2v) is 6.97. The first-order valence-electron chi connectivity index (χ1n) is 9.16. The van der Waals surface area contributed by atoms with Crippen molar-refractivity contribution < 1.29 is 19.0 Å². The summed E-state index contributed by atoms with van der Waals surface area (Å²) in [7, 11) is 1.59. The summed E-state index contributed by atoms with van der Waals surface area (Å²) in [4.78, 5) is 25.4. The molecule has 0 radical (unpaired) electrons. The Balaban J connectivity index is 1.75. The molecule has 0 amide bonds. The van der Waals surface area contributed by atoms with E-state index in [1.54, 1.807) is 19.5 Å². The summed E-state index contributed by atoms with van der Waals surface area (Å²) < 4.78 is 19.7. The van der Waals surface area contributed by atoms with Crippen molar-refractivity contribution in [2.75, 3.05) is 25.1 Å². The maximum absolute atomic E-state index is 14.5. The van der Waals surface area contributed by atoms with Gasteiger partial charge in [-0.3, -0.25) is 9.78 Å². The SMILES string of the molecule is COCc1cnc(-c2cc(F)c3[nH]ccc3c2)c(N2CCC(C(=O)O)CC2)n1. The number of carboxylic acid groups (broad SMARTS) is 1. The first-order valence-corrected chi connectivity index (χ1v) is 9.16. The first-order chi connectivity index (χ1) is 13.6. The molecule has 4 rings (SSSR count). The highest BCUT2D eigenvalue weighted by Crippen LogP contribution is 2.33. The highest BCUT2D eigenvalue weighted by atomic mass is 19.1. The van der Waals surface area contributed by atoms with Crippen LogP contribution in [0.4, 0.5) is 10.2 Å². The van der Waals surface area contributed by atoms with E-state index in [0.29, 0.717) is 60.8 Å². The molecule has 7 nitrogen and oxygen atoms in total. The topological polar surface area (TPSA) is 91.3 Å². The lowest BCUT2D eigenvalue weighted by atomic mass is 9.97. The Morgan fingerprint density at radius 3 is 2.89 bits per heavy atom. The largest absolute Gasteiger partial charge is 0.481 e. The van der Waals surface area contributed by atoms with E-state index in [1.165, 1.54) is 6.07 Å². The van der Waals surface area contributed by atoms with E-state index in [0.717, 1.165) is 5.39 Å². The summed E-state index contributed by atoms with van der Waals surface area (Å²) in [5.41, 5.74) is 2.34. The molecule has 28 heavy (non-hydrogen) atoms. The van der Waals surface area contributed by atoms with Gasteiger partial charge in [0.2, 0.25) is 0 Å². The van der Waals surface area contributed by atoms with Crippen LogP contribution in [0.3, 0.4) is 0 Å². The van der Waals surface area contributed by atoms with E-state index in [-0.39, 0.29) is 11.7 Å². The normalized spacial score (nSPS) is 15.3. The van der Waals surface area contributed by atoms with Crippen LogP contribution >= 0.6 is 0 Å². The fourth-order valence-electron chi connectivity index (χ4n) is 3.66. The van der Waals surface area contributed by atoms with Crippen molar-refractivity contribution in [2.24, 2.45) is 5.92 Å². The number of carbonyl (C=O) groups is 1. The third kappa shape index (κ3) is 3.43. The second kappa shape index (κ2) is 7.55. The molecule has 0 aliphatic carbocycles. The van der Waals surface area contributed by atoms with Gasteiger partial charge in [-0.05, 0) is 31.0 Å². The molecule has 0 atom stereocenters. The molecule has 1 aliphatic rings. The Morgan fingerprint density at radius 1 is 1.39 bits per heavy atom. The lowest BCUT2D eigenvalue weighted by molar-refractivity contribution is -0.142. The van der Waals surface area contributed by atoms with Crippen molar-refractivity contribution >= 4 is 22.7 Å². The average Bonchev–Trinajstić information content (AvgIpc) is 3.17. The van der Waals surface area contributed by atoms with Crippen LogP contribution in [0.15, 0.2) is 30.6 Å². The molecule has 0 spiro atoms. The number of piperidine rings is 1. The number of hydrogen-bond donors (Lipinski definition) is 2. The average molecular weight is 384 g/mol. The van der Waals surface area contributed by atoms with E-state index in [4.69, 9.17) is 9.72 Å². The number of aromatic nitrogens is 3. The number of rotatable bonds is 5. The van der Waals surface area contributed by atoms with Gasteiger partial charge in [-0.2, -0.15) is 0 Å². The van der Waals surface area contributed by atoms with Crippen LogP contribution in [-0.2, 0) is 16.1 Å². The zero-order chi connectivity index (χ0) is 19.7. The number of halogens is 1. The number of H-pyrrole nitrogens is 1. The number of anilines is 1. The summed E-state index contributed by atoms with van der Waals surface area (Å²) >= 11 is 0. The quantitative estimate of drug-likeness (QED) is 0.702. The molecule has 1 aromatic carbocycles. The molecule has 3 aromatic rings. The molecule has 1 fully saturated rings. The van der Waals surface area contributed by atoms with E-state index in [1.807, 2.05) is 17.0 Å². The van der Waals surface area contributed by atoms with Gasteiger partial charge in [0.05, 0.1) is 29.9 Å². The van der Waals surface area contributed by atoms with E-state index in [9.17, 15) is 14.3 Å². The van der Waals surface area contributed by atoms with Gasteiger partial charge in [-0.1, -0.05) is 0 Å². The molecular weight excluding hydrogens is 363 g/mol. The lowest BCUT2D eigenvalue weighted by Crippen LogP contribution is -2.37. The summed E-state index contributed by atoms with van der Waals surface area (Å²) in [6, 6.07) is 5.14. The maximum atomic E-state index is 14.5. The molecule has 3 heterocycles. The van der Waals surface area contributed by atoms with Crippen LogP contribution in [0.5, 0.6) is 0 Å². The number of ether oxygens (including phenoxy) is 1. The van der Waals surface area contributed by atoms with Crippen LogP contribution in [-0.4, -0.2) is 46.2 Å². The number of nitrogens with one attached hydrogen (secondary N) is 1. The highest BCUT2D eigenvalue weighted by molar-refractivity contribution is 5.87. The van der Waals surface area contributed by atoms with Crippen molar-refractivity contribution in [2.45, 2.75) is 19.4 Å². The number of aromatic amines is 1. The van der Waals surface area contributed by atoms with Crippen molar-refractivity contribution in [1.82, 2.24) is 15.0 Å². The molecule has 0 unspecified atom stereocenters. The molecular formula is C20H21FN4O3. The number of aliphatic carboxylic acids is 1. The van der Waals surface area contributed by atoms with E-state index >= 15 is 0 Å². The number of carboxylic acids is 1. The summed E-state index contributed by atoms with van der Waals surface area (Å²) in [6.07, 6.45) is 4.40. The van der Waals surface area contributed by atoms with Crippen molar-refractivity contribution in [3.05, 3.63) is 42.1 Å². The van der Waals surface area contributed by atoms with Gasteiger partial charge >= 0.3 is 5.97 Å². The van der Waals surface area contributed by atoms with Gasteiger partial charge in [0.15, 0.2) is 5.82 Å². The fourth-order valence-corrected chi connectivity index (χ4v) is 3.66. The number of hydrogen-bond acceptors (Lipinski definition) is 5. The van der Waals surface area contributed by atoms with Crippen LogP contribution < -0.4 is 4.90 Å². The minimum atomic E-state index is -0.765. The molecule has 8 heteroatoms. The molecule has 2 aromatic heterocycles. The van der Waals surface area contributed by atoms with Gasteiger partial charge in [0, 0.05) is 37.3 Å². The zero-order valence-electron chi connectivity index (χ0n) is 15.5. The van der Waals surface area contributed by atoms with Crippen molar-refractivity contribution in [3.8, 4) is 11.3 Å². The predicted molar refractivity (Wildman–Crippen MR) is 103 cm³/mol. The predicted octanol–water partition coefficient (Wildman–Crippen LogP) is 3.21. The standard InChI is InChI=1S/C20H21FN4O3/c1-28-11-15-10-23-18(14-8-13-2-5-22-17(13)16(21)9-14)19(24-15)25-6-3-12(4-7-25)20(26)27/h2,5,8-10,12,22H,3-4,6-7,11H2,1H3,(H,26,27). The third-order valence-corrected chi connectivity index (χ3v) is 5.12. The first kappa shape index (κ1) is 18.4. The van der Waals surface area contributed by atoms with Crippen molar-refractivity contribution in [1.29, 1.82) is 0 Å².